The van der Waals surface area contributed by atoms with Gasteiger partial charge in [0.2, 0.25) is 0 Å². The van der Waals surface area contributed by atoms with Crippen molar-refractivity contribution in [3.63, 3.8) is 0 Å². The molecule has 100 valence electrons. The Hall–Kier alpha value is -0.830. The Balaban J connectivity index is 1.91. The van der Waals surface area contributed by atoms with Gasteiger partial charge in [-0.25, -0.2) is 0 Å². The van der Waals surface area contributed by atoms with Gasteiger partial charge in [0.1, 0.15) is 0 Å². The normalized spacial score (nSPS) is 10.5. The molecule has 2 heterocycles. The SMILES string of the molecule is CN(Cc1ccc(Cl)s1)Cc1ccc(C#CCN)s1. The van der Waals surface area contributed by atoms with Crippen LogP contribution in [0.3, 0.4) is 0 Å². The van der Waals surface area contributed by atoms with Gasteiger partial charge in [-0.3, -0.25) is 4.90 Å². The molecule has 2 aromatic heterocycles. The van der Waals surface area contributed by atoms with E-state index in [1.807, 2.05) is 6.07 Å². The van der Waals surface area contributed by atoms with E-state index in [9.17, 15) is 0 Å². The summed E-state index contributed by atoms with van der Waals surface area (Å²) in [4.78, 5) is 5.94. The lowest BCUT2D eigenvalue weighted by atomic mass is 10.4. The van der Waals surface area contributed by atoms with Crippen LogP contribution in [0.15, 0.2) is 24.3 Å². The van der Waals surface area contributed by atoms with E-state index in [0.717, 1.165) is 22.3 Å². The molecule has 5 heteroatoms. The van der Waals surface area contributed by atoms with E-state index in [1.165, 1.54) is 9.75 Å². The topological polar surface area (TPSA) is 29.3 Å². The summed E-state index contributed by atoms with van der Waals surface area (Å²) in [6, 6.07) is 8.21. The number of rotatable bonds is 4. The van der Waals surface area contributed by atoms with Crippen LogP contribution in [0.25, 0.3) is 0 Å². The molecule has 0 aliphatic heterocycles. The predicted molar refractivity (Wildman–Crippen MR) is 84.8 cm³/mol. The van der Waals surface area contributed by atoms with Crippen molar-refractivity contribution in [3.05, 3.63) is 43.2 Å². The van der Waals surface area contributed by atoms with Gasteiger partial charge in [0.05, 0.1) is 15.8 Å². The predicted octanol–water partition coefficient (Wildman–Crippen LogP) is 3.41. The molecule has 0 amide bonds. The first kappa shape index (κ1) is 14.6. The lowest BCUT2D eigenvalue weighted by molar-refractivity contribution is 0.325. The fraction of sp³-hybridized carbons (Fsp3) is 0.286. The summed E-state index contributed by atoms with van der Waals surface area (Å²) in [5.74, 6) is 5.94. The largest absolute Gasteiger partial charge is 0.320 e. The number of hydrogen-bond acceptors (Lipinski definition) is 4. The van der Waals surface area contributed by atoms with Gasteiger partial charge in [-0.05, 0) is 31.3 Å². The molecule has 0 aliphatic rings. The molecule has 0 fully saturated rings. The molecule has 2 aromatic rings. The summed E-state index contributed by atoms with van der Waals surface area (Å²) < 4.78 is 0.846. The zero-order valence-electron chi connectivity index (χ0n) is 10.6. The Morgan fingerprint density at radius 3 is 2.47 bits per heavy atom. The molecule has 0 unspecified atom stereocenters. The summed E-state index contributed by atoms with van der Waals surface area (Å²) in [6.07, 6.45) is 0. The highest BCUT2D eigenvalue weighted by molar-refractivity contribution is 7.16. The monoisotopic (exact) mass is 310 g/mol. The van der Waals surface area contributed by atoms with Crippen LogP contribution in [0.4, 0.5) is 0 Å². The van der Waals surface area contributed by atoms with Crippen LogP contribution in [0, 0.1) is 11.8 Å². The van der Waals surface area contributed by atoms with Gasteiger partial charge in [0.15, 0.2) is 0 Å². The standard InChI is InChI=1S/C14H15ClN2S2/c1-17(10-13-6-7-14(15)19-13)9-12-5-4-11(18-12)3-2-8-16/h4-7H,8-10,16H2,1H3. The number of thiophene rings is 2. The molecule has 0 atom stereocenters. The average Bonchev–Trinajstić information content (AvgIpc) is 2.96. The van der Waals surface area contributed by atoms with E-state index in [1.54, 1.807) is 22.7 Å². The molecule has 0 spiro atoms. The summed E-state index contributed by atoms with van der Waals surface area (Å²) >= 11 is 9.29. The molecule has 2 nitrogen and oxygen atoms in total. The average molecular weight is 311 g/mol. The first-order chi connectivity index (χ1) is 9.17. The third kappa shape index (κ3) is 4.64. The number of hydrogen-bond donors (Lipinski definition) is 1. The smallest absolute Gasteiger partial charge is 0.0931 e. The summed E-state index contributed by atoms with van der Waals surface area (Å²) in [5, 5.41) is 0. The Kier molecular flexibility index (Phi) is 5.44. The Morgan fingerprint density at radius 1 is 1.16 bits per heavy atom. The number of nitrogens with two attached hydrogens (primary N) is 1. The van der Waals surface area contributed by atoms with E-state index in [4.69, 9.17) is 17.3 Å². The van der Waals surface area contributed by atoms with Crippen molar-refractivity contribution >= 4 is 34.3 Å². The van der Waals surface area contributed by atoms with E-state index >= 15 is 0 Å². The molecule has 0 radical (unpaired) electrons. The van der Waals surface area contributed by atoms with Crippen LogP contribution in [0.5, 0.6) is 0 Å². The molecular weight excluding hydrogens is 296 g/mol. The van der Waals surface area contributed by atoms with Gasteiger partial charge < -0.3 is 5.73 Å². The molecule has 0 bridgehead atoms. The molecule has 2 rings (SSSR count). The third-order valence-electron chi connectivity index (χ3n) is 2.46. The third-order valence-corrected chi connectivity index (χ3v) is 4.66. The molecular formula is C14H15ClN2S2. The molecule has 0 saturated carbocycles. The summed E-state index contributed by atoms with van der Waals surface area (Å²) in [7, 11) is 2.11. The van der Waals surface area contributed by atoms with Crippen LogP contribution >= 0.6 is 34.3 Å². The minimum atomic E-state index is 0.409. The molecule has 0 aromatic carbocycles. The first-order valence-corrected chi connectivity index (χ1v) is 7.89. The van der Waals surface area contributed by atoms with Crippen molar-refractivity contribution in [2.24, 2.45) is 5.73 Å². The Bertz CT molecular complexity index is 592. The van der Waals surface area contributed by atoms with Crippen LogP contribution < -0.4 is 5.73 Å². The van der Waals surface area contributed by atoms with Crippen LogP contribution in [-0.4, -0.2) is 18.5 Å². The van der Waals surface area contributed by atoms with Gasteiger partial charge in [0, 0.05) is 22.8 Å². The van der Waals surface area contributed by atoms with Gasteiger partial charge in [-0.15, -0.1) is 22.7 Å². The fourth-order valence-corrected chi connectivity index (χ4v) is 3.82. The number of halogens is 1. The minimum Gasteiger partial charge on any atom is -0.320 e. The lowest BCUT2D eigenvalue weighted by Crippen LogP contribution is -2.15. The van der Waals surface area contributed by atoms with Crippen LogP contribution in [0.2, 0.25) is 4.34 Å². The van der Waals surface area contributed by atoms with Gasteiger partial charge >= 0.3 is 0 Å². The molecule has 19 heavy (non-hydrogen) atoms. The van der Waals surface area contributed by atoms with Crippen molar-refractivity contribution in [1.82, 2.24) is 4.90 Å². The summed E-state index contributed by atoms with van der Waals surface area (Å²) in [6.45, 7) is 2.25. The molecule has 0 saturated heterocycles. The quantitative estimate of drug-likeness (QED) is 0.877. The highest BCUT2D eigenvalue weighted by Gasteiger charge is 2.06. The van der Waals surface area contributed by atoms with E-state index in [0.29, 0.717) is 6.54 Å². The van der Waals surface area contributed by atoms with E-state index in [-0.39, 0.29) is 0 Å². The van der Waals surface area contributed by atoms with E-state index < -0.39 is 0 Å². The van der Waals surface area contributed by atoms with Crippen molar-refractivity contribution < 1.29 is 0 Å². The van der Waals surface area contributed by atoms with Crippen molar-refractivity contribution in [2.75, 3.05) is 13.6 Å². The highest BCUT2D eigenvalue weighted by Crippen LogP contribution is 2.23. The van der Waals surface area contributed by atoms with Gasteiger partial charge in [-0.2, -0.15) is 0 Å². The zero-order valence-corrected chi connectivity index (χ0v) is 13.0. The highest BCUT2D eigenvalue weighted by atomic mass is 35.5. The summed E-state index contributed by atoms with van der Waals surface area (Å²) in [5.41, 5.74) is 5.36. The second kappa shape index (κ2) is 7.09. The fourth-order valence-electron chi connectivity index (χ4n) is 1.69. The second-order valence-corrected chi connectivity index (χ2v) is 7.12. The minimum absolute atomic E-state index is 0.409. The van der Waals surface area contributed by atoms with E-state index in [2.05, 4.69) is 42.0 Å². The van der Waals surface area contributed by atoms with Gasteiger partial charge in [-0.1, -0.05) is 23.4 Å². The maximum Gasteiger partial charge on any atom is 0.0931 e. The maximum atomic E-state index is 5.93. The first-order valence-electron chi connectivity index (χ1n) is 5.88. The van der Waals surface area contributed by atoms with Crippen LogP contribution in [-0.2, 0) is 13.1 Å². The maximum absolute atomic E-state index is 5.93. The Morgan fingerprint density at radius 2 is 1.84 bits per heavy atom. The lowest BCUT2D eigenvalue weighted by Gasteiger charge is -2.13. The number of nitrogens with zero attached hydrogens (tertiary/aromatic N) is 1. The van der Waals surface area contributed by atoms with Gasteiger partial charge in [0.25, 0.3) is 0 Å². The van der Waals surface area contributed by atoms with Crippen molar-refractivity contribution in [1.29, 1.82) is 0 Å². The molecule has 0 aliphatic carbocycles. The van der Waals surface area contributed by atoms with Crippen molar-refractivity contribution in [2.45, 2.75) is 13.1 Å². The zero-order chi connectivity index (χ0) is 13.7. The van der Waals surface area contributed by atoms with Crippen molar-refractivity contribution in [3.8, 4) is 11.8 Å². The Labute approximate surface area is 126 Å². The molecule has 2 N–H and O–H groups in total. The second-order valence-electron chi connectivity index (χ2n) is 4.15. The van der Waals surface area contributed by atoms with Crippen LogP contribution in [0.1, 0.15) is 14.6 Å².